The van der Waals surface area contributed by atoms with Crippen molar-refractivity contribution in [2.45, 2.75) is 26.1 Å². The monoisotopic (exact) mass is 244 g/mol. The first-order chi connectivity index (χ1) is 8.74. The van der Waals surface area contributed by atoms with Gasteiger partial charge in [0.15, 0.2) is 0 Å². The van der Waals surface area contributed by atoms with E-state index in [0.717, 1.165) is 5.56 Å². The molecule has 0 radical (unpaired) electrons. The van der Waals surface area contributed by atoms with Gasteiger partial charge in [0.25, 0.3) is 0 Å². The van der Waals surface area contributed by atoms with Crippen LogP contribution in [0.25, 0.3) is 0 Å². The van der Waals surface area contributed by atoms with E-state index in [1.807, 2.05) is 30.3 Å². The Bertz CT molecular complexity index is 486. The zero-order valence-electron chi connectivity index (χ0n) is 10.3. The number of ether oxygens (including phenoxy) is 1. The van der Waals surface area contributed by atoms with E-state index in [1.165, 1.54) is 0 Å². The average Bonchev–Trinajstić information content (AvgIpc) is 2.37. The van der Waals surface area contributed by atoms with Gasteiger partial charge in [0, 0.05) is 18.7 Å². The summed E-state index contributed by atoms with van der Waals surface area (Å²) in [6, 6.07) is 11.6. The van der Waals surface area contributed by atoms with E-state index in [2.05, 4.69) is 9.97 Å². The van der Waals surface area contributed by atoms with Gasteiger partial charge >= 0.3 is 0 Å². The molecule has 0 aliphatic carbocycles. The minimum Gasteiger partial charge on any atom is -0.473 e. The summed E-state index contributed by atoms with van der Waals surface area (Å²) in [5.41, 5.74) is 1.09. The van der Waals surface area contributed by atoms with Crippen molar-refractivity contribution in [3.8, 4) is 5.88 Å². The Morgan fingerprint density at radius 1 is 1.22 bits per heavy atom. The summed E-state index contributed by atoms with van der Waals surface area (Å²) in [6.45, 7) is 2.19. The molecule has 18 heavy (non-hydrogen) atoms. The average molecular weight is 244 g/mol. The highest BCUT2D eigenvalue weighted by atomic mass is 16.5. The van der Waals surface area contributed by atoms with Crippen LogP contribution in [-0.4, -0.2) is 21.2 Å². The summed E-state index contributed by atoms with van der Waals surface area (Å²) >= 11 is 0. The van der Waals surface area contributed by atoms with Gasteiger partial charge in [0.05, 0.1) is 6.10 Å². The second-order valence-electron chi connectivity index (χ2n) is 4.14. The minimum absolute atomic E-state index is 0.433. The maximum atomic E-state index is 9.28. The lowest BCUT2D eigenvalue weighted by Crippen LogP contribution is -2.08. The van der Waals surface area contributed by atoms with Crippen molar-refractivity contribution in [2.75, 3.05) is 0 Å². The lowest BCUT2D eigenvalue weighted by atomic mass is 10.2. The van der Waals surface area contributed by atoms with Crippen LogP contribution in [0.5, 0.6) is 5.88 Å². The predicted octanol–water partition coefficient (Wildman–Crippen LogP) is 1.98. The highest BCUT2D eigenvalue weighted by Crippen LogP contribution is 2.09. The molecular formula is C14H16N2O2. The van der Waals surface area contributed by atoms with Crippen molar-refractivity contribution in [3.63, 3.8) is 0 Å². The van der Waals surface area contributed by atoms with E-state index in [1.54, 1.807) is 19.2 Å². The number of aliphatic hydroxyl groups excluding tert-OH is 1. The number of hydrogen-bond donors (Lipinski definition) is 1. The molecule has 0 saturated carbocycles. The molecule has 1 unspecified atom stereocenters. The SMILES string of the molecule is CC(O)Cc1nccc(OCc2ccccc2)n1. The van der Waals surface area contributed by atoms with Crippen molar-refractivity contribution in [3.05, 3.63) is 54.0 Å². The fourth-order valence-corrected chi connectivity index (χ4v) is 1.55. The quantitative estimate of drug-likeness (QED) is 0.873. The molecule has 0 amide bonds. The van der Waals surface area contributed by atoms with Crippen LogP contribution in [0.1, 0.15) is 18.3 Å². The van der Waals surface area contributed by atoms with Crippen molar-refractivity contribution in [1.82, 2.24) is 9.97 Å². The molecule has 0 spiro atoms. The van der Waals surface area contributed by atoms with Crippen LogP contribution in [0.3, 0.4) is 0 Å². The van der Waals surface area contributed by atoms with Crippen LogP contribution in [-0.2, 0) is 13.0 Å². The molecule has 4 heteroatoms. The standard InChI is InChI=1S/C14H16N2O2/c1-11(17)9-13-15-8-7-14(16-13)18-10-12-5-3-2-4-6-12/h2-8,11,17H,9-10H2,1H3. The van der Waals surface area contributed by atoms with Gasteiger partial charge in [-0.05, 0) is 12.5 Å². The van der Waals surface area contributed by atoms with Gasteiger partial charge in [-0.25, -0.2) is 4.98 Å². The van der Waals surface area contributed by atoms with Crippen molar-refractivity contribution in [2.24, 2.45) is 0 Å². The van der Waals surface area contributed by atoms with Crippen LogP contribution in [0.2, 0.25) is 0 Å². The number of benzene rings is 1. The first kappa shape index (κ1) is 12.5. The molecule has 4 nitrogen and oxygen atoms in total. The van der Waals surface area contributed by atoms with Crippen LogP contribution < -0.4 is 4.74 Å². The molecule has 0 bridgehead atoms. The fraction of sp³-hybridized carbons (Fsp3) is 0.286. The second kappa shape index (κ2) is 6.12. The molecule has 0 aliphatic heterocycles. The molecule has 1 aromatic heterocycles. The Hall–Kier alpha value is -1.94. The normalized spacial score (nSPS) is 12.1. The minimum atomic E-state index is -0.450. The fourth-order valence-electron chi connectivity index (χ4n) is 1.55. The van der Waals surface area contributed by atoms with E-state index >= 15 is 0 Å². The zero-order chi connectivity index (χ0) is 12.8. The molecule has 1 aromatic carbocycles. The molecule has 0 fully saturated rings. The zero-order valence-corrected chi connectivity index (χ0v) is 10.3. The van der Waals surface area contributed by atoms with Gasteiger partial charge in [0.2, 0.25) is 5.88 Å². The van der Waals surface area contributed by atoms with Crippen LogP contribution >= 0.6 is 0 Å². The van der Waals surface area contributed by atoms with Gasteiger partial charge in [-0.3, -0.25) is 0 Å². The molecule has 0 saturated heterocycles. The second-order valence-corrected chi connectivity index (χ2v) is 4.14. The molecule has 1 N–H and O–H groups in total. The molecule has 1 heterocycles. The van der Waals surface area contributed by atoms with Gasteiger partial charge < -0.3 is 9.84 Å². The molecule has 1 atom stereocenters. The van der Waals surface area contributed by atoms with Crippen LogP contribution in [0, 0.1) is 0 Å². The Balaban J connectivity index is 1.97. The summed E-state index contributed by atoms with van der Waals surface area (Å²) < 4.78 is 5.58. The topological polar surface area (TPSA) is 55.2 Å². The molecule has 0 aliphatic rings. The first-order valence-electron chi connectivity index (χ1n) is 5.91. The Labute approximate surface area is 106 Å². The van der Waals surface area contributed by atoms with Crippen LogP contribution in [0.4, 0.5) is 0 Å². The Kier molecular flexibility index (Phi) is 4.25. The molecule has 2 rings (SSSR count). The lowest BCUT2D eigenvalue weighted by molar-refractivity contribution is 0.192. The molecular weight excluding hydrogens is 228 g/mol. The van der Waals surface area contributed by atoms with Crippen molar-refractivity contribution >= 4 is 0 Å². The van der Waals surface area contributed by atoms with E-state index in [9.17, 15) is 5.11 Å². The van der Waals surface area contributed by atoms with E-state index < -0.39 is 6.10 Å². The number of aliphatic hydroxyl groups is 1. The van der Waals surface area contributed by atoms with Gasteiger partial charge in [-0.1, -0.05) is 30.3 Å². The number of rotatable bonds is 5. The smallest absolute Gasteiger partial charge is 0.216 e. The molecule has 2 aromatic rings. The van der Waals surface area contributed by atoms with E-state index in [-0.39, 0.29) is 0 Å². The van der Waals surface area contributed by atoms with Gasteiger partial charge in [-0.2, -0.15) is 4.98 Å². The van der Waals surface area contributed by atoms with E-state index in [4.69, 9.17) is 4.74 Å². The van der Waals surface area contributed by atoms with Crippen molar-refractivity contribution in [1.29, 1.82) is 0 Å². The number of nitrogens with zero attached hydrogens (tertiary/aromatic N) is 2. The highest BCUT2D eigenvalue weighted by molar-refractivity contribution is 5.15. The first-order valence-corrected chi connectivity index (χ1v) is 5.91. The third-order valence-electron chi connectivity index (χ3n) is 2.39. The maximum Gasteiger partial charge on any atom is 0.216 e. The predicted molar refractivity (Wildman–Crippen MR) is 68.2 cm³/mol. The molecule has 94 valence electrons. The summed E-state index contributed by atoms with van der Waals surface area (Å²) in [7, 11) is 0. The largest absolute Gasteiger partial charge is 0.473 e. The van der Waals surface area contributed by atoms with E-state index in [0.29, 0.717) is 24.7 Å². The highest BCUT2D eigenvalue weighted by Gasteiger charge is 2.04. The summed E-state index contributed by atoms with van der Waals surface area (Å²) in [5.74, 6) is 1.13. The van der Waals surface area contributed by atoms with Gasteiger partial charge in [0.1, 0.15) is 12.4 Å². The van der Waals surface area contributed by atoms with Crippen LogP contribution in [0.15, 0.2) is 42.6 Å². The third kappa shape index (κ3) is 3.82. The Morgan fingerprint density at radius 2 is 2.00 bits per heavy atom. The van der Waals surface area contributed by atoms with Crippen molar-refractivity contribution < 1.29 is 9.84 Å². The summed E-state index contributed by atoms with van der Waals surface area (Å²) in [5, 5.41) is 9.28. The summed E-state index contributed by atoms with van der Waals surface area (Å²) in [6.07, 6.45) is 1.63. The maximum absolute atomic E-state index is 9.28. The summed E-state index contributed by atoms with van der Waals surface area (Å²) in [4.78, 5) is 8.32. The Morgan fingerprint density at radius 3 is 2.72 bits per heavy atom. The third-order valence-corrected chi connectivity index (χ3v) is 2.39. The lowest BCUT2D eigenvalue weighted by Gasteiger charge is -2.07. The number of hydrogen-bond acceptors (Lipinski definition) is 4. The number of aromatic nitrogens is 2. The van der Waals surface area contributed by atoms with Gasteiger partial charge in [-0.15, -0.1) is 0 Å².